The Morgan fingerprint density at radius 3 is 2.53 bits per heavy atom. The number of rotatable bonds is 10. The predicted octanol–water partition coefficient (Wildman–Crippen LogP) is 3.30. The molecular weight excluding hydrogens is 509 g/mol. The Labute approximate surface area is 206 Å². The van der Waals surface area contributed by atoms with Crippen molar-refractivity contribution < 1.29 is 23.5 Å². The molecule has 0 spiro atoms. The number of nitrogens with one attached hydrogen (secondary N) is 1. The van der Waals surface area contributed by atoms with E-state index in [2.05, 4.69) is 26.3 Å². The number of Topliss-reactive ketones (excluding diaryl/α,β-unsaturated/α-hetero) is 1. The molecule has 10 heteroatoms. The SMILES string of the molecule is CCC(C(=O)NC(CC(=O)OC(C)(C)C)C(=O)CF)c1ccnn(Cc2cccc(Br)c2)c1=O. The van der Waals surface area contributed by atoms with Gasteiger partial charge in [-0.3, -0.25) is 19.2 Å². The van der Waals surface area contributed by atoms with Gasteiger partial charge in [-0.05, 0) is 51.0 Å². The third-order valence-electron chi connectivity index (χ3n) is 4.89. The number of halogens is 2. The second-order valence-corrected chi connectivity index (χ2v) is 9.71. The summed E-state index contributed by atoms with van der Waals surface area (Å²) in [5, 5.41) is 6.54. The maximum absolute atomic E-state index is 13.1. The van der Waals surface area contributed by atoms with Crippen LogP contribution in [0.25, 0.3) is 0 Å². The van der Waals surface area contributed by atoms with Gasteiger partial charge >= 0.3 is 5.97 Å². The highest BCUT2D eigenvalue weighted by Gasteiger charge is 2.30. The Morgan fingerprint density at radius 1 is 1.24 bits per heavy atom. The van der Waals surface area contributed by atoms with Gasteiger partial charge in [0, 0.05) is 16.2 Å². The maximum atomic E-state index is 13.1. The van der Waals surface area contributed by atoms with Gasteiger partial charge in [-0.2, -0.15) is 5.10 Å². The summed E-state index contributed by atoms with van der Waals surface area (Å²) in [6.07, 6.45) is 1.16. The smallest absolute Gasteiger partial charge is 0.308 e. The summed E-state index contributed by atoms with van der Waals surface area (Å²) in [4.78, 5) is 50.3. The Morgan fingerprint density at radius 2 is 1.94 bits per heavy atom. The molecule has 0 aliphatic rings. The molecule has 34 heavy (non-hydrogen) atoms. The molecule has 0 saturated heterocycles. The number of carbonyl (C=O) groups excluding carboxylic acids is 3. The van der Waals surface area contributed by atoms with Gasteiger partial charge in [0.15, 0.2) is 5.78 Å². The van der Waals surface area contributed by atoms with Crippen molar-refractivity contribution in [2.45, 2.75) is 64.6 Å². The van der Waals surface area contributed by atoms with Crippen molar-refractivity contribution in [3.63, 3.8) is 0 Å². The second-order valence-electron chi connectivity index (χ2n) is 8.79. The number of nitrogens with zero attached hydrogens (tertiary/aromatic N) is 2. The summed E-state index contributed by atoms with van der Waals surface area (Å²) in [5.41, 5.74) is -0.226. The van der Waals surface area contributed by atoms with Crippen molar-refractivity contribution in [2.75, 3.05) is 6.67 Å². The summed E-state index contributed by atoms with van der Waals surface area (Å²) in [5.74, 6) is -3.27. The molecule has 2 rings (SSSR count). The van der Waals surface area contributed by atoms with Crippen molar-refractivity contribution in [3.05, 3.63) is 62.5 Å². The van der Waals surface area contributed by atoms with Crippen molar-refractivity contribution in [2.24, 2.45) is 0 Å². The Bertz CT molecular complexity index is 1100. The second kappa shape index (κ2) is 12.0. The Kier molecular flexibility index (Phi) is 9.66. The summed E-state index contributed by atoms with van der Waals surface area (Å²) < 4.78 is 20.4. The number of ether oxygens (including phenoxy) is 1. The molecule has 184 valence electrons. The Balaban J connectivity index is 2.25. The number of hydrogen-bond donors (Lipinski definition) is 1. The highest BCUT2D eigenvalue weighted by atomic mass is 79.9. The summed E-state index contributed by atoms with van der Waals surface area (Å²) in [6.45, 7) is 5.54. The van der Waals surface area contributed by atoms with Crippen LogP contribution in [0.2, 0.25) is 0 Å². The average molecular weight is 538 g/mol. The third kappa shape index (κ3) is 7.86. The van der Waals surface area contributed by atoms with E-state index < -0.39 is 53.9 Å². The van der Waals surface area contributed by atoms with Gasteiger partial charge in [0.2, 0.25) is 5.91 Å². The zero-order valence-corrected chi connectivity index (χ0v) is 21.2. The lowest BCUT2D eigenvalue weighted by Gasteiger charge is -2.23. The molecule has 1 heterocycles. The topological polar surface area (TPSA) is 107 Å². The monoisotopic (exact) mass is 537 g/mol. The Hall–Kier alpha value is -2.88. The van der Waals surface area contributed by atoms with Crippen LogP contribution in [0.4, 0.5) is 4.39 Å². The molecule has 0 aliphatic heterocycles. The van der Waals surface area contributed by atoms with Crippen molar-refractivity contribution >= 4 is 33.6 Å². The van der Waals surface area contributed by atoms with Crippen LogP contribution < -0.4 is 10.9 Å². The molecule has 1 aromatic heterocycles. The van der Waals surface area contributed by atoms with E-state index >= 15 is 0 Å². The van der Waals surface area contributed by atoms with E-state index in [0.717, 1.165) is 10.0 Å². The molecule has 2 aromatic rings. The molecule has 0 radical (unpaired) electrons. The summed E-state index contributed by atoms with van der Waals surface area (Å²) >= 11 is 3.39. The largest absolute Gasteiger partial charge is 0.460 e. The maximum Gasteiger partial charge on any atom is 0.308 e. The fraction of sp³-hybridized carbons (Fsp3) is 0.458. The lowest BCUT2D eigenvalue weighted by molar-refractivity contribution is -0.156. The van der Waals surface area contributed by atoms with Crippen LogP contribution in [0.1, 0.15) is 57.6 Å². The van der Waals surface area contributed by atoms with Gasteiger partial charge in [-0.15, -0.1) is 0 Å². The number of amides is 1. The van der Waals surface area contributed by atoms with E-state index in [1.54, 1.807) is 27.7 Å². The minimum atomic E-state index is -1.40. The van der Waals surface area contributed by atoms with Crippen LogP contribution >= 0.6 is 15.9 Å². The molecule has 1 amide bonds. The zero-order chi connectivity index (χ0) is 25.5. The molecule has 0 fully saturated rings. The molecule has 1 aromatic carbocycles. The van der Waals surface area contributed by atoms with E-state index in [1.807, 2.05) is 24.3 Å². The highest BCUT2D eigenvalue weighted by Crippen LogP contribution is 2.18. The van der Waals surface area contributed by atoms with E-state index in [4.69, 9.17) is 4.74 Å². The minimum Gasteiger partial charge on any atom is -0.460 e. The molecule has 2 atom stereocenters. The van der Waals surface area contributed by atoms with E-state index in [9.17, 15) is 23.6 Å². The number of alkyl halides is 1. The molecule has 0 bridgehead atoms. The van der Waals surface area contributed by atoms with Crippen LogP contribution in [0, 0.1) is 0 Å². The first-order valence-corrected chi connectivity index (χ1v) is 11.7. The minimum absolute atomic E-state index is 0.189. The van der Waals surface area contributed by atoms with Gasteiger partial charge in [0.05, 0.1) is 18.9 Å². The first-order chi connectivity index (χ1) is 15.9. The number of esters is 1. The van der Waals surface area contributed by atoms with Crippen LogP contribution in [0.15, 0.2) is 45.8 Å². The lowest BCUT2D eigenvalue weighted by Crippen LogP contribution is -2.46. The van der Waals surface area contributed by atoms with Crippen LogP contribution in [-0.2, 0) is 25.7 Å². The number of ketones is 1. The lowest BCUT2D eigenvalue weighted by atomic mass is 9.96. The highest BCUT2D eigenvalue weighted by molar-refractivity contribution is 9.10. The predicted molar refractivity (Wildman–Crippen MR) is 128 cm³/mol. The van der Waals surface area contributed by atoms with Crippen molar-refractivity contribution in [3.8, 4) is 0 Å². The molecular formula is C24H29BrFN3O5. The normalized spacial score (nSPS) is 13.1. The molecule has 0 aliphatic carbocycles. The van der Waals surface area contributed by atoms with Crippen LogP contribution in [0.3, 0.4) is 0 Å². The number of aromatic nitrogens is 2. The van der Waals surface area contributed by atoms with Gasteiger partial charge in [-0.25, -0.2) is 9.07 Å². The summed E-state index contributed by atoms with van der Waals surface area (Å²) in [6, 6.07) is 7.46. The van der Waals surface area contributed by atoms with Gasteiger partial charge in [-0.1, -0.05) is 35.0 Å². The quantitative estimate of drug-likeness (QED) is 0.466. The third-order valence-corrected chi connectivity index (χ3v) is 5.38. The first-order valence-electron chi connectivity index (χ1n) is 10.9. The number of benzene rings is 1. The van der Waals surface area contributed by atoms with E-state index in [-0.39, 0.29) is 18.5 Å². The number of carbonyl (C=O) groups is 3. The standard InChI is InChI=1S/C24H29BrFN3O5/c1-5-17(22(32)28-19(20(30)13-26)12-21(31)34-24(2,3)4)18-9-10-27-29(23(18)33)14-15-7-6-8-16(25)11-15/h6-11,17,19H,5,12-14H2,1-4H3,(H,28,32). The fourth-order valence-corrected chi connectivity index (χ4v) is 3.81. The van der Waals surface area contributed by atoms with Gasteiger partial charge in [0.25, 0.3) is 5.56 Å². The van der Waals surface area contributed by atoms with Crippen molar-refractivity contribution in [1.82, 2.24) is 15.1 Å². The molecule has 1 N–H and O–H groups in total. The average Bonchev–Trinajstić information content (AvgIpc) is 2.74. The van der Waals surface area contributed by atoms with Crippen LogP contribution in [-0.4, -0.2) is 45.8 Å². The first kappa shape index (κ1) is 27.4. The van der Waals surface area contributed by atoms with Crippen molar-refractivity contribution in [1.29, 1.82) is 0 Å². The fourth-order valence-electron chi connectivity index (χ4n) is 3.36. The summed E-state index contributed by atoms with van der Waals surface area (Å²) in [7, 11) is 0. The number of hydrogen-bond acceptors (Lipinski definition) is 6. The van der Waals surface area contributed by atoms with E-state index in [0.29, 0.717) is 0 Å². The zero-order valence-electron chi connectivity index (χ0n) is 19.6. The van der Waals surface area contributed by atoms with Gasteiger partial charge < -0.3 is 10.1 Å². The van der Waals surface area contributed by atoms with Crippen LogP contribution in [0.5, 0.6) is 0 Å². The van der Waals surface area contributed by atoms with E-state index in [1.165, 1.54) is 16.9 Å². The molecule has 8 nitrogen and oxygen atoms in total. The molecule has 0 saturated carbocycles. The van der Waals surface area contributed by atoms with Gasteiger partial charge in [0.1, 0.15) is 18.3 Å². The molecule has 2 unspecified atom stereocenters.